The standard InChI is InChI=1S/C14H18N4OS/c1-9-10(5-15-8-17-9)13(19)16-6-12-18-11(7-20-12)14(2,3)4/h5,7-8H,6H2,1-4H3,(H,16,19). The Morgan fingerprint density at radius 1 is 1.40 bits per heavy atom. The van der Waals surface area contributed by atoms with Crippen molar-refractivity contribution < 1.29 is 4.79 Å². The van der Waals surface area contributed by atoms with Gasteiger partial charge in [0.15, 0.2) is 0 Å². The highest BCUT2D eigenvalue weighted by Gasteiger charge is 2.17. The molecule has 0 saturated heterocycles. The summed E-state index contributed by atoms with van der Waals surface area (Å²) in [5.41, 5.74) is 2.25. The van der Waals surface area contributed by atoms with Crippen LogP contribution >= 0.6 is 11.3 Å². The molecule has 0 atom stereocenters. The molecule has 6 heteroatoms. The van der Waals surface area contributed by atoms with Gasteiger partial charge in [0.25, 0.3) is 5.91 Å². The molecule has 20 heavy (non-hydrogen) atoms. The van der Waals surface area contributed by atoms with Gasteiger partial charge >= 0.3 is 0 Å². The number of thiazole rings is 1. The lowest BCUT2D eigenvalue weighted by Gasteiger charge is -2.14. The Morgan fingerprint density at radius 2 is 2.15 bits per heavy atom. The van der Waals surface area contributed by atoms with Gasteiger partial charge in [-0.3, -0.25) is 4.79 Å². The number of carbonyl (C=O) groups is 1. The monoisotopic (exact) mass is 290 g/mol. The topological polar surface area (TPSA) is 67.8 Å². The zero-order valence-corrected chi connectivity index (χ0v) is 12.9. The molecule has 0 aromatic carbocycles. The largest absolute Gasteiger partial charge is 0.345 e. The normalized spacial score (nSPS) is 11.4. The van der Waals surface area contributed by atoms with E-state index in [-0.39, 0.29) is 11.3 Å². The Labute approximate surface area is 122 Å². The van der Waals surface area contributed by atoms with Gasteiger partial charge in [0.2, 0.25) is 0 Å². The molecule has 0 saturated carbocycles. The van der Waals surface area contributed by atoms with E-state index >= 15 is 0 Å². The molecule has 2 heterocycles. The molecule has 0 aliphatic rings. The number of carbonyl (C=O) groups excluding carboxylic acids is 1. The molecular weight excluding hydrogens is 272 g/mol. The van der Waals surface area contributed by atoms with Gasteiger partial charge in [0.05, 0.1) is 23.5 Å². The lowest BCUT2D eigenvalue weighted by molar-refractivity contribution is 0.0949. The number of amides is 1. The van der Waals surface area contributed by atoms with Crippen molar-refractivity contribution >= 4 is 17.2 Å². The van der Waals surface area contributed by atoms with Gasteiger partial charge in [0.1, 0.15) is 11.3 Å². The summed E-state index contributed by atoms with van der Waals surface area (Å²) in [6.07, 6.45) is 2.96. The smallest absolute Gasteiger partial charge is 0.255 e. The molecule has 2 aromatic heterocycles. The third-order valence-corrected chi connectivity index (χ3v) is 3.73. The number of rotatable bonds is 3. The van der Waals surface area contributed by atoms with Crippen LogP contribution in [0.1, 0.15) is 47.5 Å². The summed E-state index contributed by atoms with van der Waals surface area (Å²) in [5.74, 6) is -0.171. The summed E-state index contributed by atoms with van der Waals surface area (Å²) in [6, 6.07) is 0. The quantitative estimate of drug-likeness (QED) is 0.943. The van der Waals surface area contributed by atoms with E-state index in [9.17, 15) is 4.79 Å². The third kappa shape index (κ3) is 3.39. The second-order valence-corrected chi connectivity index (χ2v) is 6.52. The number of aromatic nitrogens is 3. The van der Waals surface area contributed by atoms with Crippen LogP contribution in [0.15, 0.2) is 17.9 Å². The Kier molecular flexibility index (Phi) is 4.13. The fourth-order valence-electron chi connectivity index (χ4n) is 1.60. The fraction of sp³-hybridized carbons (Fsp3) is 0.429. The fourth-order valence-corrected chi connectivity index (χ4v) is 2.56. The van der Waals surface area contributed by atoms with Gasteiger partial charge in [-0.2, -0.15) is 0 Å². The van der Waals surface area contributed by atoms with Crippen molar-refractivity contribution in [2.45, 2.75) is 39.7 Å². The van der Waals surface area contributed by atoms with Gasteiger partial charge in [-0.25, -0.2) is 15.0 Å². The van der Waals surface area contributed by atoms with E-state index in [1.54, 1.807) is 18.3 Å². The zero-order chi connectivity index (χ0) is 14.8. The first kappa shape index (κ1) is 14.6. The number of nitrogens with one attached hydrogen (secondary N) is 1. The number of hydrogen-bond donors (Lipinski definition) is 1. The van der Waals surface area contributed by atoms with Crippen LogP contribution in [0.5, 0.6) is 0 Å². The lowest BCUT2D eigenvalue weighted by atomic mass is 9.93. The summed E-state index contributed by atoms with van der Waals surface area (Å²) in [6.45, 7) is 8.57. The Hall–Kier alpha value is -1.82. The summed E-state index contributed by atoms with van der Waals surface area (Å²) in [7, 11) is 0. The van der Waals surface area contributed by atoms with Gasteiger partial charge in [0, 0.05) is 17.0 Å². The van der Waals surface area contributed by atoms with Crippen LogP contribution in [0.3, 0.4) is 0 Å². The average Bonchev–Trinajstić information content (AvgIpc) is 2.85. The first-order valence-electron chi connectivity index (χ1n) is 6.37. The van der Waals surface area contributed by atoms with Crippen LogP contribution in [-0.2, 0) is 12.0 Å². The average molecular weight is 290 g/mol. The van der Waals surface area contributed by atoms with Crippen molar-refractivity contribution in [1.29, 1.82) is 0 Å². The first-order valence-corrected chi connectivity index (χ1v) is 7.25. The summed E-state index contributed by atoms with van der Waals surface area (Å²) in [5, 5.41) is 5.79. The van der Waals surface area contributed by atoms with E-state index in [1.165, 1.54) is 12.5 Å². The molecular formula is C14H18N4OS. The minimum atomic E-state index is -0.171. The van der Waals surface area contributed by atoms with Crippen molar-refractivity contribution in [2.75, 3.05) is 0 Å². The van der Waals surface area contributed by atoms with E-state index in [2.05, 4.69) is 41.0 Å². The van der Waals surface area contributed by atoms with Crippen LogP contribution in [0.25, 0.3) is 0 Å². The van der Waals surface area contributed by atoms with Crippen molar-refractivity contribution in [3.63, 3.8) is 0 Å². The lowest BCUT2D eigenvalue weighted by Crippen LogP contribution is -2.24. The molecule has 106 valence electrons. The van der Waals surface area contributed by atoms with Crippen LogP contribution in [0, 0.1) is 6.92 Å². The van der Waals surface area contributed by atoms with Crippen molar-refractivity contribution in [3.05, 3.63) is 39.9 Å². The highest BCUT2D eigenvalue weighted by atomic mass is 32.1. The number of aryl methyl sites for hydroxylation is 1. The predicted molar refractivity (Wildman–Crippen MR) is 78.8 cm³/mol. The van der Waals surface area contributed by atoms with Crippen molar-refractivity contribution in [3.8, 4) is 0 Å². The maximum absolute atomic E-state index is 12.0. The van der Waals surface area contributed by atoms with Gasteiger partial charge in [-0.1, -0.05) is 20.8 Å². The van der Waals surface area contributed by atoms with Crippen LogP contribution in [0.2, 0.25) is 0 Å². The van der Waals surface area contributed by atoms with Gasteiger partial charge in [-0.05, 0) is 6.92 Å². The van der Waals surface area contributed by atoms with E-state index in [0.717, 1.165) is 10.7 Å². The van der Waals surface area contributed by atoms with E-state index < -0.39 is 0 Å². The second-order valence-electron chi connectivity index (χ2n) is 5.58. The molecule has 5 nitrogen and oxygen atoms in total. The van der Waals surface area contributed by atoms with Crippen LogP contribution < -0.4 is 5.32 Å². The molecule has 0 bridgehead atoms. The Morgan fingerprint density at radius 3 is 2.75 bits per heavy atom. The van der Waals surface area contributed by atoms with Crippen LogP contribution in [-0.4, -0.2) is 20.9 Å². The molecule has 0 aliphatic heterocycles. The number of nitrogens with zero attached hydrogens (tertiary/aromatic N) is 3. The molecule has 1 amide bonds. The van der Waals surface area contributed by atoms with Crippen LogP contribution in [0.4, 0.5) is 0 Å². The highest BCUT2D eigenvalue weighted by molar-refractivity contribution is 7.09. The molecule has 1 N–H and O–H groups in total. The molecule has 2 rings (SSSR count). The first-order chi connectivity index (χ1) is 9.38. The minimum Gasteiger partial charge on any atom is -0.345 e. The van der Waals surface area contributed by atoms with Gasteiger partial charge in [-0.15, -0.1) is 11.3 Å². The molecule has 0 aliphatic carbocycles. The SMILES string of the molecule is Cc1ncncc1C(=O)NCc1nc(C(C)(C)C)cs1. The minimum absolute atomic E-state index is 0.0304. The van der Waals surface area contributed by atoms with E-state index in [1.807, 2.05) is 5.38 Å². The number of hydrogen-bond acceptors (Lipinski definition) is 5. The Bertz CT molecular complexity index is 616. The maximum Gasteiger partial charge on any atom is 0.255 e. The highest BCUT2D eigenvalue weighted by Crippen LogP contribution is 2.23. The zero-order valence-electron chi connectivity index (χ0n) is 12.1. The summed E-state index contributed by atoms with van der Waals surface area (Å²) >= 11 is 1.56. The molecule has 0 unspecified atom stereocenters. The summed E-state index contributed by atoms with van der Waals surface area (Å²) in [4.78, 5) is 24.5. The molecule has 0 fully saturated rings. The van der Waals surface area contributed by atoms with E-state index in [0.29, 0.717) is 17.8 Å². The summed E-state index contributed by atoms with van der Waals surface area (Å²) < 4.78 is 0. The molecule has 2 aromatic rings. The van der Waals surface area contributed by atoms with Crippen molar-refractivity contribution in [2.24, 2.45) is 0 Å². The molecule has 0 spiro atoms. The third-order valence-electron chi connectivity index (χ3n) is 2.88. The predicted octanol–water partition coefficient (Wildman–Crippen LogP) is 2.47. The van der Waals surface area contributed by atoms with E-state index in [4.69, 9.17) is 0 Å². The Balaban J connectivity index is 2.01. The maximum atomic E-state index is 12.0. The van der Waals surface area contributed by atoms with Gasteiger partial charge < -0.3 is 5.32 Å². The molecule has 0 radical (unpaired) electrons. The second kappa shape index (κ2) is 5.66. The van der Waals surface area contributed by atoms with Crippen molar-refractivity contribution in [1.82, 2.24) is 20.3 Å².